The number of pyridine rings is 1. The molecule has 0 amide bonds. The second-order valence-electron chi connectivity index (χ2n) is 5.70. The Bertz CT molecular complexity index is 1130. The summed E-state index contributed by atoms with van der Waals surface area (Å²) in [5.74, 6) is 0.509. The van der Waals surface area contributed by atoms with Crippen molar-refractivity contribution in [1.29, 1.82) is 0 Å². The summed E-state index contributed by atoms with van der Waals surface area (Å²) in [6.07, 6.45) is 3.28. The summed E-state index contributed by atoms with van der Waals surface area (Å²) in [6, 6.07) is 8.93. The SMILES string of the molecule is CCN(C)c1nc(=O)n(-c2cccnc2)c2c1oc1ccc(Cl)cc12. The van der Waals surface area contributed by atoms with E-state index in [-0.39, 0.29) is 0 Å². The Balaban J connectivity index is 2.22. The van der Waals surface area contributed by atoms with Crippen LogP contribution in [0.15, 0.2) is 51.9 Å². The van der Waals surface area contributed by atoms with Crippen molar-refractivity contribution in [3.8, 4) is 5.69 Å². The van der Waals surface area contributed by atoms with Gasteiger partial charge in [-0.05, 0) is 37.3 Å². The first kappa shape index (κ1) is 15.7. The third-order valence-electron chi connectivity index (χ3n) is 4.18. The zero-order chi connectivity index (χ0) is 17.6. The number of nitrogens with zero attached hydrogens (tertiary/aromatic N) is 4. The van der Waals surface area contributed by atoms with Crippen LogP contribution < -0.4 is 10.6 Å². The second kappa shape index (κ2) is 5.89. The third kappa shape index (κ3) is 2.46. The van der Waals surface area contributed by atoms with Crippen LogP contribution in [0, 0.1) is 0 Å². The van der Waals surface area contributed by atoms with Gasteiger partial charge < -0.3 is 9.32 Å². The molecule has 0 radical (unpaired) electrons. The Hall–Kier alpha value is -2.86. The molecule has 3 aromatic heterocycles. The molecule has 6 nitrogen and oxygen atoms in total. The molecule has 7 heteroatoms. The van der Waals surface area contributed by atoms with Gasteiger partial charge in [-0.1, -0.05) is 11.6 Å². The molecule has 126 valence electrons. The number of benzene rings is 1. The molecule has 0 bridgehead atoms. The zero-order valence-electron chi connectivity index (χ0n) is 13.7. The normalized spacial score (nSPS) is 11.3. The van der Waals surface area contributed by atoms with E-state index in [1.807, 2.05) is 24.9 Å². The van der Waals surface area contributed by atoms with Crippen molar-refractivity contribution in [2.75, 3.05) is 18.5 Å². The maximum absolute atomic E-state index is 12.8. The number of hydrogen-bond acceptors (Lipinski definition) is 5. The minimum Gasteiger partial charge on any atom is -0.450 e. The third-order valence-corrected chi connectivity index (χ3v) is 4.42. The minimum absolute atomic E-state index is 0.390. The molecule has 0 spiro atoms. The average molecular weight is 355 g/mol. The molecule has 0 aliphatic carbocycles. The van der Waals surface area contributed by atoms with Crippen molar-refractivity contribution in [2.45, 2.75) is 6.92 Å². The Morgan fingerprint density at radius 3 is 2.88 bits per heavy atom. The molecule has 0 fully saturated rings. The molecule has 0 atom stereocenters. The van der Waals surface area contributed by atoms with E-state index in [0.29, 0.717) is 39.8 Å². The zero-order valence-corrected chi connectivity index (χ0v) is 14.5. The Morgan fingerprint density at radius 2 is 2.16 bits per heavy atom. The van der Waals surface area contributed by atoms with Crippen molar-refractivity contribution < 1.29 is 4.42 Å². The molecule has 4 rings (SSSR count). The van der Waals surface area contributed by atoms with Crippen molar-refractivity contribution in [2.24, 2.45) is 0 Å². The number of aromatic nitrogens is 3. The standard InChI is InChI=1S/C18H15ClN4O2/c1-3-22(2)17-16-15(13-9-11(19)6-7-14(13)25-16)23(18(24)21-17)12-5-4-8-20-10-12/h4-10H,3H2,1-2H3. The summed E-state index contributed by atoms with van der Waals surface area (Å²) >= 11 is 6.18. The van der Waals surface area contributed by atoms with Gasteiger partial charge in [0.1, 0.15) is 11.1 Å². The van der Waals surface area contributed by atoms with Crippen LogP contribution in [0.5, 0.6) is 0 Å². The second-order valence-corrected chi connectivity index (χ2v) is 6.14. The van der Waals surface area contributed by atoms with E-state index in [0.717, 1.165) is 5.39 Å². The van der Waals surface area contributed by atoms with Crippen molar-refractivity contribution in [3.05, 3.63) is 58.2 Å². The molecule has 4 aromatic rings. The lowest BCUT2D eigenvalue weighted by molar-refractivity contribution is 0.660. The predicted octanol–water partition coefficient (Wildman–Crippen LogP) is 3.64. The van der Waals surface area contributed by atoms with Gasteiger partial charge in [-0.2, -0.15) is 4.98 Å². The molecule has 0 aliphatic heterocycles. The van der Waals surface area contributed by atoms with Crippen LogP contribution in [0.1, 0.15) is 6.92 Å². The lowest BCUT2D eigenvalue weighted by atomic mass is 10.2. The fourth-order valence-corrected chi connectivity index (χ4v) is 3.02. The highest BCUT2D eigenvalue weighted by Gasteiger charge is 2.21. The first-order chi connectivity index (χ1) is 12.1. The first-order valence-electron chi connectivity index (χ1n) is 7.86. The van der Waals surface area contributed by atoms with E-state index < -0.39 is 5.69 Å². The molecule has 3 heterocycles. The highest BCUT2D eigenvalue weighted by Crippen LogP contribution is 2.34. The molecule has 0 saturated carbocycles. The number of rotatable bonds is 3. The fourth-order valence-electron chi connectivity index (χ4n) is 2.85. The van der Waals surface area contributed by atoms with E-state index in [4.69, 9.17) is 16.0 Å². The van der Waals surface area contributed by atoms with Crippen molar-refractivity contribution in [1.82, 2.24) is 14.5 Å². The van der Waals surface area contributed by atoms with Crippen molar-refractivity contribution in [3.63, 3.8) is 0 Å². The van der Waals surface area contributed by atoms with Crippen LogP contribution >= 0.6 is 11.6 Å². The number of halogens is 1. The van der Waals surface area contributed by atoms with Crippen LogP contribution in [0.2, 0.25) is 5.02 Å². The Kier molecular flexibility index (Phi) is 3.69. The summed E-state index contributed by atoms with van der Waals surface area (Å²) in [5.41, 5.74) is 2.07. The van der Waals surface area contributed by atoms with Gasteiger partial charge in [-0.25, -0.2) is 4.79 Å². The topological polar surface area (TPSA) is 64.2 Å². The van der Waals surface area contributed by atoms with Crippen LogP contribution in [0.25, 0.3) is 27.8 Å². The molecule has 0 aliphatic rings. The lowest BCUT2D eigenvalue weighted by Gasteiger charge is -2.16. The summed E-state index contributed by atoms with van der Waals surface area (Å²) in [5, 5.41) is 1.33. The lowest BCUT2D eigenvalue weighted by Crippen LogP contribution is -2.27. The number of hydrogen-bond donors (Lipinski definition) is 0. The van der Waals surface area contributed by atoms with E-state index in [1.165, 1.54) is 4.57 Å². The summed E-state index contributed by atoms with van der Waals surface area (Å²) < 4.78 is 7.55. The quantitative estimate of drug-likeness (QED) is 0.562. The minimum atomic E-state index is -0.390. The maximum Gasteiger partial charge on any atom is 0.354 e. The van der Waals surface area contributed by atoms with E-state index in [2.05, 4.69) is 9.97 Å². The van der Waals surface area contributed by atoms with Gasteiger partial charge in [0, 0.05) is 30.2 Å². The van der Waals surface area contributed by atoms with E-state index >= 15 is 0 Å². The van der Waals surface area contributed by atoms with E-state index in [1.54, 1.807) is 36.7 Å². The smallest absolute Gasteiger partial charge is 0.354 e. The molecule has 1 aromatic carbocycles. The van der Waals surface area contributed by atoms with Crippen LogP contribution in [0.4, 0.5) is 5.82 Å². The molecule has 0 unspecified atom stereocenters. The van der Waals surface area contributed by atoms with Gasteiger partial charge >= 0.3 is 5.69 Å². The number of fused-ring (bicyclic) bond motifs is 3. The van der Waals surface area contributed by atoms with Crippen molar-refractivity contribution >= 4 is 39.5 Å². The molecular weight excluding hydrogens is 340 g/mol. The highest BCUT2D eigenvalue weighted by atomic mass is 35.5. The van der Waals surface area contributed by atoms with Gasteiger partial charge in [0.05, 0.1) is 11.9 Å². The largest absolute Gasteiger partial charge is 0.450 e. The van der Waals surface area contributed by atoms with Gasteiger partial charge in [0.15, 0.2) is 11.4 Å². The van der Waals surface area contributed by atoms with Gasteiger partial charge in [-0.3, -0.25) is 9.55 Å². The van der Waals surface area contributed by atoms with E-state index in [9.17, 15) is 4.79 Å². The Labute approximate surface area is 148 Å². The van der Waals surface area contributed by atoms with Crippen LogP contribution in [0.3, 0.4) is 0 Å². The van der Waals surface area contributed by atoms with Gasteiger partial charge in [-0.15, -0.1) is 0 Å². The predicted molar refractivity (Wildman–Crippen MR) is 98.9 cm³/mol. The van der Waals surface area contributed by atoms with Crippen LogP contribution in [-0.2, 0) is 0 Å². The van der Waals surface area contributed by atoms with Gasteiger partial charge in [0.2, 0.25) is 0 Å². The monoisotopic (exact) mass is 354 g/mol. The fraction of sp³-hybridized carbons (Fsp3) is 0.167. The summed E-state index contributed by atoms with van der Waals surface area (Å²) in [6.45, 7) is 2.68. The average Bonchev–Trinajstić information content (AvgIpc) is 2.99. The number of furan rings is 1. The van der Waals surface area contributed by atoms with Crippen LogP contribution in [-0.4, -0.2) is 28.1 Å². The number of anilines is 1. The summed E-state index contributed by atoms with van der Waals surface area (Å²) in [4.78, 5) is 23.1. The molecular formula is C18H15ClN4O2. The van der Waals surface area contributed by atoms with Gasteiger partial charge in [0.25, 0.3) is 0 Å². The molecule has 25 heavy (non-hydrogen) atoms. The first-order valence-corrected chi connectivity index (χ1v) is 8.24. The maximum atomic E-state index is 12.8. The molecule has 0 N–H and O–H groups in total. The highest BCUT2D eigenvalue weighted by molar-refractivity contribution is 6.31. The summed E-state index contributed by atoms with van der Waals surface area (Å²) in [7, 11) is 1.87. The Morgan fingerprint density at radius 1 is 1.32 bits per heavy atom. The molecule has 0 saturated heterocycles.